The van der Waals surface area contributed by atoms with E-state index < -0.39 is 0 Å². The van der Waals surface area contributed by atoms with Crippen LogP contribution in [0.4, 0.5) is 0 Å². The minimum Gasteiger partial charge on any atom is -0.392 e. The van der Waals surface area contributed by atoms with Gasteiger partial charge >= 0.3 is 0 Å². The Bertz CT molecular complexity index is 208. The second-order valence-electron chi connectivity index (χ2n) is 5.05. The van der Waals surface area contributed by atoms with Crippen molar-refractivity contribution < 1.29 is 9.90 Å². The molecule has 0 aromatic heterocycles. The van der Waals surface area contributed by atoms with Gasteiger partial charge in [0.15, 0.2) is 0 Å². The molecule has 0 saturated heterocycles. The number of hydrogen-bond donors (Lipinski definition) is 3. The van der Waals surface area contributed by atoms with Gasteiger partial charge in [0, 0.05) is 13.1 Å². The van der Waals surface area contributed by atoms with Gasteiger partial charge in [0.05, 0.1) is 12.1 Å². The van der Waals surface area contributed by atoms with E-state index in [0.717, 1.165) is 25.8 Å². The Labute approximate surface area is 105 Å². The maximum absolute atomic E-state index is 11.6. The lowest BCUT2D eigenvalue weighted by atomic mass is 10.1. The molecule has 0 spiro atoms. The van der Waals surface area contributed by atoms with Crippen LogP contribution < -0.4 is 10.6 Å². The Kier molecular flexibility index (Phi) is 9.09. The Morgan fingerprint density at radius 3 is 2.41 bits per heavy atom. The summed E-state index contributed by atoms with van der Waals surface area (Å²) in [4.78, 5) is 11.6. The van der Waals surface area contributed by atoms with Crippen LogP contribution >= 0.6 is 0 Å². The molecule has 0 aliphatic carbocycles. The largest absolute Gasteiger partial charge is 0.392 e. The van der Waals surface area contributed by atoms with Gasteiger partial charge in [-0.25, -0.2) is 0 Å². The molecule has 0 aliphatic rings. The van der Waals surface area contributed by atoms with Gasteiger partial charge in [-0.3, -0.25) is 4.79 Å². The lowest BCUT2D eigenvalue weighted by Crippen LogP contribution is -2.45. The smallest absolute Gasteiger partial charge is 0.236 e. The topological polar surface area (TPSA) is 61.4 Å². The van der Waals surface area contributed by atoms with Crippen LogP contribution in [-0.4, -0.2) is 36.2 Å². The minimum atomic E-state index is -0.356. The molecule has 4 nitrogen and oxygen atoms in total. The summed E-state index contributed by atoms with van der Waals surface area (Å²) in [5.74, 6) is 0.610. The summed E-state index contributed by atoms with van der Waals surface area (Å²) in [6.07, 6.45) is 2.37. The number of carbonyl (C=O) groups is 1. The van der Waals surface area contributed by atoms with Crippen LogP contribution in [0.5, 0.6) is 0 Å². The van der Waals surface area contributed by atoms with Gasteiger partial charge in [0.25, 0.3) is 0 Å². The molecule has 0 saturated carbocycles. The minimum absolute atomic E-state index is 0.00866. The Hall–Kier alpha value is -0.610. The van der Waals surface area contributed by atoms with E-state index in [0.29, 0.717) is 12.5 Å². The van der Waals surface area contributed by atoms with Gasteiger partial charge in [-0.15, -0.1) is 0 Å². The highest BCUT2D eigenvalue weighted by molar-refractivity contribution is 5.81. The molecule has 0 bridgehead atoms. The third-order valence-corrected chi connectivity index (χ3v) is 2.70. The quantitative estimate of drug-likeness (QED) is 0.573. The third-order valence-electron chi connectivity index (χ3n) is 2.70. The Morgan fingerprint density at radius 1 is 1.24 bits per heavy atom. The molecule has 4 heteroatoms. The molecule has 1 amide bonds. The van der Waals surface area contributed by atoms with Gasteiger partial charge in [-0.1, -0.05) is 27.2 Å². The number of aliphatic hydroxyl groups is 1. The molecule has 3 N–H and O–H groups in total. The van der Waals surface area contributed by atoms with Crippen LogP contribution in [0.15, 0.2) is 0 Å². The fourth-order valence-corrected chi connectivity index (χ4v) is 1.48. The van der Waals surface area contributed by atoms with Crippen molar-refractivity contribution in [1.29, 1.82) is 0 Å². The first-order valence-corrected chi connectivity index (χ1v) is 6.66. The molecule has 0 aromatic carbocycles. The van der Waals surface area contributed by atoms with Gasteiger partial charge in [-0.05, 0) is 25.7 Å². The second kappa shape index (κ2) is 9.42. The lowest BCUT2D eigenvalue weighted by molar-refractivity contribution is -0.122. The van der Waals surface area contributed by atoms with Crippen molar-refractivity contribution in [1.82, 2.24) is 10.6 Å². The first-order chi connectivity index (χ1) is 7.97. The standard InChI is InChI=1S/C13H28N2O2/c1-5-6-12(16)9-15-11(4)13(17)14-8-7-10(2)3/h10-12,15-16H,5-9H2,1-4H3,(H,14,17). The van der Waals surface area contributed by atoms with Crippen molar-refractivity contribution in [2.24, 2.45) is 5.92 Å². The maximum Gasteiger partial charge on any atom is 0.236 e. The fraction of sp³-hybridized carbons (Fsp3) is 0.923. The molecule has 0 heterocycles. The summed E-state index contributed by atoms with van der Waals surface area (Å²) in [7, 11) is 0. The molecular formula is C13H28N2O2. The number of amides is 1. The average molecular weight is 244 g/mol. The van der Waals surface area contributed by atoms with E-state index >= 15 is 0 Å². The zero-order chi connectivity index (χ0) is 13.3. The summed E-state index contributed by atoms with van der Waals surface area (Å²) in [5, 5.41) is 15.5. The Balaban J connectivity index is 3.67. The van der Waals surface area contributed by atoms with Crippen molar-refractivity contribution in [3.05, 3.63) is 0 Å². The van der Waals surface area contributed by atoms with Crippen LogP contribution in [0.1, 0.15) is 47.0 Å². The van der Waals surface area contributed by atoms with E-state index in [4.69, 9.17) is 0 Å². The molecule has 0 aliphatic heterocycles. The van der Waals surface area contributed by atoms with E-state index in [1.807, 2.05) is 13.8 Å². The van der Waals surface area contributed by atoms with Gasteiger partial charge < -0.3 is 15.7 Å². The van der Waals surface area contributed by atoms with E-state index in [1.165, 1.54) is 0 Å². The molecular weight excluding hydrogens is 216 g/mol. The summed E-state index contributed by atoms with van der Waals surface area (Å²) in [5.41, 5.74) is 0. The summed E-state index contributed by atoms with van der Waals surface area (Å²) in [6, 6.07) is -0.242. The first kappa shape index (κ1) is 16.4. The predicted octanol–water partition coefficient (Wildman–Crippen LogP) is 1.29. The monoisotopic (exact) mass is 244 g/mol. The molecule has 0 rings (SSSR count). The van der Waals surface area contributed by atoms with Crippen molar-refractivity contribution in [2.45, 2.75) is 59.1 Å². The van der Waals surface area contributed by atoms with Gasteiger partial charge in [-0.2, -0.15) is 0 Å². The molecule has 0 fully saturated rings. The van der Waals surface area contributed by atoms with Gasteiger partial charge in [0.2, 0.25) is 5.91 Å². The summed E-state index contributed by atoms with van der Waals surface area (Å²) >= 11 is 0. The predicted molar refractivity (Wildman–Crippen MR) is 70.8 cm³/mol. The van der Waals surface area contributed by atoms with Crippen LogP contribution in [-0.2, 0) is 4.79 Å². The highest BCUT2D eigenvalue weighted by Gasteiger charge is 2.13. The fourth-order valence-electron chi connectivity index (χ4n) is 1.48. The number of hydrogen-bond acceptors (Lipinski definition) is 3. The molecule has 2 unspecified atom stereocenters. The van der Waals surface area contributed by atoms with E-state index in [2.05, 4.69) is 24.5 Å². The number of aliphatic hydroxyl groups excluding tert-OH is 1. The number of rotatable bonds is 9. The van der Waals surface area contributed by atoms with E-state index in [9.17, 15) is 9.90 Å². The maximum atomic E-state index is 11.6. The summed E-state index contributed by atoms with van der Waals surface area (Å²) < 4.78 is 0. The van der Waals surface area contributed by atoms with E-state index in [1.54, 1.807) is 0 Å². The normalized spacial score (nSPS) is 14.7. The van der Waals surface area contributed by atoms with Crippen molar-refractivity contribution in [3.63, 3.8) is 0 Å². The second-order valence-corrected chi connectivity index (χ2v) is 5.05. The van der Waals surface area contributed by atoms with Crippen LogP contribution in [0.3, 0.4) is 0 Å². The van der Waals surface area contributed by atoms with Crippen molar-refractivity contribution in [2.75, 3.05) is 13.1 Å². The highest BCUT2D eigenvalue weighted by atomic mass is 16.3. The highest BCUT2D eigenvalue weighted by Crippen LogP contribution is 1.97. The zero-order valence-corrected chi connectivity index (χ0v) is 11.6. The SMILES string of the molecule is CCCC(O)CNC(C)C(=O)NCCC(C)C. The molecule has 102 valence electrons. The number of carbonyl (C=O) groups excluding carboxylic acids is 1. The molecule has 17 heavy (non-hydrogen) atoms. The first-order valence-electron chi connectivity index (χ1n) is 6.66. The zero-order valence-electron chi connectivity index (χ0n) is 11.6. The van der Waals surface area contributed by atoms with Crippen LogP contribution in [0.2, 0.25) is 0 Å². The number of nitrogens with one attached hydrogen (secondary N) is 2. The van der Waals surface area contributed by atoms with Crippen molar-refractivity contribution >= 4 is 5.91 Å². The van der Waals surface area contributed by atoms with E-state index in [-0.39, 0.29) is 18.1 Å². The van der Waals surface area contributed by atoms with Crippen LogP contribution in [0, 0.1) is 5.92 Å². The van der Waals surface area contributed by atoms with Crippen molar-refractivity contribution in [3.8, 4) is 0 Å². The Morgan fingerprint density at radius 2 is 1.88 bits per heavy atom. The average Bonchev–Trinajstić information content (AvgIpc) is 2.25. The molecule has 2 atom stereocenters. The van der Waals surface area contributed by atoms with Crippen LogP contribution in [0.25, 0.3) is 0 Å². The summed E-state index contributed by atoms with van der Waals surface area (Å²) in [6.45, 7) is 9.32. The molecule has 0 aromatic rings. The van der Waals surface area contributed by atoms with Gasteiger partial charge in [0.1, 0.15) is 0 Å². The lowest BCUT2D eigenvalue weighted by Gasteiger charge is -2.17. The molecule has 0 radical (unpaired) electrons. The third kappa shape index (κ3) is 9.12.